The molecule has 2 unspecified atom stereocenters. The van der Waals surface area contributed by atoms with Crippen LogP contribution < -0.4 is 0 Å². The molecule has 1 amide bonds. The molecule has 0 bridgehead atoms. The van der Waals surface area contributed by atoms with Crippen molar-refractivity contribution >= 4 is 11.7 Å². The Bertz CT molecular complexity index is 464. The summed E-state index contributed by atoms with van der Waals surface area (Å²) in [6.45, 7) is 9.78. The average molecular weight is 317 g/mol. The minimum Gasteiger partial charge on any atom is -0.338 e. The van der Waals surface area contributed by atoms with Crippen molar-refractivity contribution in [3.05, 3.63) is 37.0 Å². The molecule has 2 atom stereocenters. The molecule has 0 aromatic rings. The van der Waals surface area contributed by atoms with Gasteiger partial charge in [0.25, 0.3) is 0 Å². The molecule has 0 saturated heterocycles. The summed E-state index contributed by atoms with van der Waals surface area (Å²) in [5.74, 6) is 0.970. The zero-order valence-corrected chi connectivity index (χ0v) is 14.7. The topological polar surface area (TPSA) is 37.4 Å². The van der Waals surface area contributed by atoms with E-state index in [1.807, 2.05) is 14.0 Å². The van der Waals surface area contributed by atoms with Crippen molar-refractivity contribution in [1.29, 1.82) is 0 Å². The van der Waals surface area contributed by atoms with Crippen LogP contribution in [-0.4, -0.2) is 30.2 Å². The Kier molecular flexibility index (Phi) is 8.60. The van der Waals surface area contributed by atoms with E-state index in [4.69, 9.17) is 0 Å². The first-order valence-electron chi connectivity index (χ1n) is 8.69. The molecule has 0 fully saturated rings. The summed E-state index contributed by atoms with van der Waals surface area (Å²) in [4.78, 5) is 24.8. The summed E-state index contributed by atoms with van der Waals surface area (Å²) in [7, 11) is 1.82. The molecule has 1 aliphatic carbocycles. The van der Waals surface area contributed by atoms with Crippen LogP contribution >= 0.6 is 0 Å². The van der Waals surface area contributed by atoms with Crippen LogP contribution in [0.1, 0.15) is 51.9 Å². The van der Waals surface area contributed by atoms with Crippen molar-refractivity contribution < 1.29 is 9.59 Å². The standard InChI is InChI=1S/C20H31NO2/c1-5-19(22)16(3)9-7-10-17-11-8-12-18(14-13-17)15-21(4)20(23)6-2/h5-6,12,16-17H,1-2,7-11,13-15H2,3-4H3. The minimum absolute atomic E-state index is 0.0208. The van der Waals surface area contributed by atoms with Gasteiger partial charge >= 0.3 is 0 Å². The first-order valence-corrected chi connectivity index (χ1v) is 8.69. The summed E-state index contributed by atoms with van der Waals surface area (Å²) in [5.41, 5.74) is 1.36. The van der Waals surface area contributed by atoms with Gasteiger partial charge in [-0.25, -0.2) is 0 Å². The maximum Gasteiger partial charge on any atom is 0.245 e. The SMILES string of the molecule is C=CC(=O)C(C)CCCC1CCC=C(CN(C)C(=O)C=C)CC1. The van der Waals surface area contributed by atoms with E-state index in [-0.39, 0.29) is 17.6 Å². The van der Waals surface area contributed by atoms with E-state index in [2.05, 4.69) is 19.2 Å². The van der Waals surface area contributed by atoms with Crippen LogP contribution in [0.25, 0.3) is 0 Å². The number of carbonyl (C=O) groups excluding carboxylic acids is 2. The summed E-state index contributed by atoms with van der Waals surface area (Å²) in [6.07, 6.45) is 12.9. The molecule has 0 aliphatic heterocycles. The van der Waals surface area contributed by atoms with Crippen molar-refractivity contribution in [3.8, 4) is 0 Å². The molecule has 0 heterocycles. The molecular formula is C20H31NO2. The first-order chi connectivity index (χ1) is 11.0. The number of hydrogen-bond donors (Lipinski definition) is 0. The normalized spacial score (nSPS) is 19.2. The third-order valence-electron chi connectivity index (χ3n) is 4.81. The third-order valence-corrected chi connectivity index (χ3v) is 4.81. The quantitative estimate of drug-likeness (QED) is 0.469. The van der Waals surface area contributed by atoms with Crippen molar-refractivity contribution in [3.63, 3.8) is 0 Å². The van der Waals surface area contributed by atoms with Gasteiger partial charge in [0.05, 0.1) is 0 Å². The number of likely N-dealkylation sites (N-methyl/N-ethyl adjacent to an activating group) is 1. The number of hydrogen-bond acceptors (Lipinski definition) is 2. The molecular weight excluding hydrogens is 286 g/mol. The summed E-state index contributed by atoms with van der Waals surface area (Å²) in [6, 6.07) is 0. The first kappa shape index (κ1) is 19.4. The summed E-state index contributed by atoms with van der Waals surface area (Å²) < 4.78 is 0. The van der Waals surface area contributed by atoms with Gasteiger partial charge < -0.3 is 4.90 Å². The minimum atomic E-state index is -0.0208. The molecule has 1 rings (SSSR count). The van der Waals surface area contributed by atoms with Gasteiger partial charge in [-0.05, 0) is 50.2 Å². The van der Waals surface area contributed by atoms with E-state index in [9.17, 15) is 9.59 Å². The summed E-state index contributed by atoms with van der Waals surface area (Å²) >= 11 is 0. The molecule has 0 N–H and O–H groups in total. The van der Waals surface area contributed by atoms with Gasteiger partial charge in [0.1, 0.15) is 0 Å². The molecule has 3 heteroatoms. The molecule has 0 aromatic heterocycles. The van der Waals surface area contributed by atoms with E-state index in [1.54, 1.807) is 4.90 Å². The van der Waals surface area contributed by atoms with Crippen LogP contribution in [-0.2, 0) is 9.59 Å². The lowest BCUT2D eigenvalue weighted by atomic mass is 9.90. The second-order valence-electron chi connectivity index (χ2n) is 6.68. The van der Waals surface area contributed by atoms with Crippen molar-refractivity contribution in [2.45, 2.75) is 51.9 Å². The fraction of sp³-hybridized carbons (Fsp3) is 0.600. The summed E-state index contributed by atoms with van der Waals surface area (Å²) in [5, 5.41) is 0. The monoisotopic (exact) mass is 317 g/mol. The highest BCUT2D eigenvalue weighted by Crippen LogP contribution is 2.28. The van der Waals surface area contributed by atoms with Crippen molar-refractivity contribution in [2.75, 3.05) is 13.6 Å². The lowest BCUT2D eigenvalue weighted by Crippen LogP contribution is -2.26. The predicted octanol–water partition coefficient (Wildman–Crippen LogP) is 4.31. The maximum atomic E-state index is 11.6. The van der Waals surface area contributed by atoms with Gasteiger partial charge in [0, 0.05) is 19.5 Å². The van der Waals surface area contributed by atoms with Crippen molar-refractivity contribution in [2.24, 2.45) is 11.8 Å². The number of ketones is 1. The highest BCUT2D eigenvalue weighted by molar-refractivity contribution is 5.90. The van der Waals surface area contributed by atoms with Gasteiger partial charge in [-0.3, -0.25) is 9.59 Å². The zero-order chi connectivity index (χ0) is 17.2. The fourth-order valence-corrected chi connectivity index (χ4v) is 3.19. The Hall–Kier alpha value is -1.64. The number of amides is 1. The Balaban J connectivity index is 2.32. The third kappa shape index (κ3) is 6.98. The Labute approximate surface area is 141 Å². The molecule has 0 aromatic carbocycles. The zero-order valence-electron chi connectivity index (χ0n) is 14.7. The Morgan fingerprint density at radius 3 is 2.74 bits per heavy atom. The lowest BCUT2D eigenvalue weighted by Gasteiger charge is -2.18. The maximum absolute atomic E-state index is 11.6. The molecule has 0 radical (unpaired) electrons. The van der Waals surface area contributed by atoms with Gasteiger partial charge in [-0.1, -0.05) is 44.6 Å². The molecule has 0 saturated carbocycles. The molecule has 3 nitrogen and oxygen atoms in total. The largest absolute Gasteiger partial charge is 0.338 e. The second kappa shape index (κ2) is 10.2. The van der Waals surface area contributed by atoms with Gasteiger partial charge in [0.2, 0.25) is 5.91 Å². The molecule has 1 aliphatic rings. The van der Waals surface area contributed by atoms with Crippen LogP contribution in [0.2, 0.25) is 0 Å². The van der Waals surface area contributed by atoms with Crippen LogP contribution in [0.4, 0.5) is 0 Å². The predicted molar refractivity (Wildman–Crippen MR) is 96.1 cm³/mol. The number of carbonyl (C=O) groups is 2. The van der Waals surface area contributed by atoms with Crippen LogP contribution in [0.15, 0.2) is 37.0 Å². The van der Waals surface area contributed by atoms with E-state index in [1.165, 1.54) is 37.0 Å². The molecule has 0 spiro atoms. The Morgan fingerprint density at radius 1 is 1.35 bits per heavy atom. The molecule has 23 heavy (non-hydrogen) atoms. The van der Waals surface area contributed by atoms with E-state index >= 15 is 0 Å². The average Bonchev–Trinajstić information content (AvgIpc) is 2.78. The smallest absolute Gasteiger partial charge is 0.245 e. The van der Waals surface area contributed by atoms with Crippen molar-refractivity contribution in [1.82, 2.24) is 4.90 Å². The fourth-order valence-electron chi connectivity index (χ4n) is 3.19. The van der Waals surface area contributed by atoms with Crippen LogP contribution in [0.3, 0.4) is 0 Å². The number of rotatable bonds is 9. The highest BCUT2D eigenvalue weighted by Gasteiger charge is 2.16. The van der Waals surface area contributed by atoms with E-state index < -0.39 is 0 Å². The number of allylic oxidation sites excluding steroid dienone is 2. The van der Waals surface area contributed by atoms with E-state index in [0.29, 0.717) is 6.54 Å². The van der Waals surface area contributed by atoms with Gasteiger partial charge in [0.15, 0.2) is 5.78 Å². The van der Waals surface area contributed by atoms with Crippen LogP contribution in [0, 0.1) is 11.8 Å². The Morgan fingerprint density at radius 2 is 2.09 bits per heavy atom. The molecule has 128 valence electrons. The second-order valence-corrected chi connectivity index (χ2v) is 6.68. The highest BCUT2D eigenvalue weighted by atomic mass is 16.2. The number of nitrogens with zero attached hydrogens (tertiary/aromatic N) is 1. The van der Waals surface area contributed by atoms with E-state index in [0.717, 1.165) is 31.6 Å². The van der Waals surface area contributed by atoms with Gasteiger partial charge in [-0.2, -0.15) is 0 Å². The lowest BCUT2D eigenvalue weighted by molar-refractivity contribution is -0.124. The van der Waals surface area contributed by atoms with Crippen LogP contribution in [0.5, 0.6) is 0 Å². The van der Waals surface area contributed by atoms with Gasteiger partial charge in [-0.15, -0.1) is 0 Å².